The summed E-state index contributed by atoms with van der Waals surface area (Å²) >= 11 is 6.03. The fourth-order valence-electron chi connectivity index (χ4n) is 1.84. The molecule has 0 radical (unpaired) electrons. The van der Waals surface area contributed by atoms with Gasteiger partial charge in [-0.1, -0.05) is 23.7 Å². The molecule has 0 aromatic heterocycles. The molecule has 0 saturated heterocycles. The van der Waals surface area contributed by atoms with Crippen LogP contribution in [0.25, 0.3) is 0 Å². The average molecular weight is 240 g/mol. The molecule has 0 unspecified atom stereocenters. The number of benzene rings is 1. The molecule has 0 aliphatic rings. The van der Waals surface area contributed by atoms with Crippen LogP contribution in [0.3, 0.4) is 0 Å². The second-order valence-corrected chi connectivity index (χ2v) is 4.79. The Bertz CT molecular complexity index is 366. The maximum atomic E-state index is 12.3. The van der Waals surface area contributed by atoms with Crippen LogP contribution in [0.15, 0.2) is 24.3 Å². The quantitative estimate of drug-likeness (QED) is 0.789. The number of halogens is 1. The maximum Gasteiger partial charge on any atom is 0.255 e. The molecular weight excluding hydrogens is 222 g/mol. The van der Waals surface area contributed by atoms with E-state index in [-0.39, 0.29) is 18.0 Å². The van der Waals surface area contributed by atoms with Crippen LogP contribution in [0.5, 0.6) is 0 Å². The molecule has 0 heterocycles. The minimum Gasteiger partial charge on any atom is -0.334 e. The molecule has 0 fully saturated rings. The summed E-state index contributed by atoms with van der Waals surface area (Å²) in [7, 11) is 0. The van der Waals surface area contributed by atoms with Crippen LogP contribution < -0.4 is 0 Å². The Kier molecular flexibility index (Phi) is 4.36. The van der Waals surface area contributed by atoms with Gasteiger partial charge in [-0.15, -0.1) is 0 Å². The van der Waals surface area contributed by atoms with E-state index in [1.54, 1.807) is 12.1 Å². The lowest BCUT2D eigenvalue weighted by Crippen LogP contribution is -2.42. The van der Waals surface area contributed by atoms with Crippen molar-refractivity contribution in [3.05, 3.63) is 34.9 Å². The zero-order chi connectivity index (χ0) is 12.3. The monoisotopic (exact) mass is 239 g/mol. The van der Waals surface area contributed by atoms with Crippen molar-refractivity contribution >= 4 is 17.5 Å². The van der Waals surface area contributed by atoms with Gasteiger partial charge in [0.15, 0.2) is 0 Å². The van der Waals surface area contributed by atoms with E-state index in [9.17, 15) is 4.79 Å². The lowest BCUT2D eigenvalue weighted by atomic mass is 10.1. The first kappa shape index (κ1) is 13.0. The third-order valence-corrected chi connectivity index (χ3v) is 2.78. The van der Waals surface area contributed by atoms with Gasteiger partial charge in [0.1, 0.15) is 0 Å². The summed E-state index contributed by atoms with van der Waals surface area (Å²) in [6.45, 7) is 8.03. The Morgan fingerprint density at radius 1 is 1.12 bits per heavy atom. The van der Waals surface area contributed by atoms with Gasteiger partial charge in [-0.3, -0.25) is 4.79 Å². The molecule has 1 aromatic rings. The van der Waals surface area contributed by atoms with Crippen LogP contribution in [-0.4, -0.2) is 22.9 Å². The smallest absolute Gasteiger partial charge is 0.255 e. The van der Waals surface area contributed by atoms with Crippen LogP contribution in [0.1, 0.15) is 38.1 Å². The molecule has 0 spiro atoms. The molecule has 2 nitrogen and oxygen atoms in total. The van der Waals surface area contributed by atoms with Crippen molar-refractivity contribution in [2.75, 3.05) is 0 Å². The first-order valence-electron chi connectivity index (χ1n) is 5.52. The van der Waals surface area contributed by atoms with Crippen molar-refractivity contribution in [2.24, 2.45) is 0 Å². The van der Waals surface area contributed by atoms with Gasteiger partial charge >= 0.3 is 0 Å². The summed E-state index contributed by atoms with van der Waals surface area (Å²) in [5, 5.41) is 0.513. The first-order chi connectivity index (χ1) is 7.45. The summed E-state index contributed by atoms with van der Waals surface area (Å²) < 4.78 is 0. The highest BCUT2D eigenvalue weighted by Gasteiger charge is 2.22. The molecule has 3 heteroatoms. The molecule has 88 valence electrons. The predicted octanol–water partition coefficient (Wildman–Crippen LogP) is 3.60. The highest BCUT2D eigenvalue weighted by molar-refractivity contribution is 6.33. The molecule has 1 rings (SSSR count). The number of nitrogens with zero attached hydrogens (tertiary/aromatic N) is 1. The zero-order valence-electron chi connectivity index (χ0n) is 10.2. The Morgan fingerprint density at radius 2 is 1.62 bits per heavy atom. The summed E-state index contributed by atoms with van der Waals surface area (Å²) in [6, 6.07) is 7.51. The molecule has 0 N–H and O–H groups in total. The Hall–Kier alpha value is -1.02. The predicted molar refractivity (Wildman–Crippen MR) is 67.9 cm³/mol. The highest BCUT2D eigenvalue weighted by atomic mass is 35.5. The standard InChI is InChI=1S/C13H18ClNO/c1-9(2)15(10(3)4)13(16)11-7-5-6-8-12(11)14/h5-10H,1-4H3. The van der Waals surface area contributed by atoms with E-state index in [1.807, 2.05) is 44.7 Å². The van der Waals surface area contributed by atoms with Gasteiger partial charge in [0.25, 0.3) is 5.91 Å². The van der Waals surface area contributed by atoms with Crippen LogP contribution >= 0.6 is 11.6 Å². The van der Waals surface area contributed by atoms with Gasteiger partial charge in [-0.05, 0) is 39.8 Å². The average Bonchev–Trinajstić information content (AvgIpc) is 2.16. The fraction of sp³-hybridized carbons (Fsp3) is 0.462. The van der Waals surface area contributed by atoms with Crippen LogP contribution in [0, 0.1) is 0 Å². The summed E-state index contributed by atoms with van der Waals surface area (Å²) in [5.74, 6) is -0.00407. The van der Waals surface area contributed by atoms with Crippen molar-refractivity contribution in [3.8, 4) is 0 Å². The number of amides is 1. The van der Waals surface area contributed by atoms with Gasteiger partial charge in [0.05, 0.1) is 10.6 Å². The molecular formula is C13H18ClNO. The molecule has 0 aliphatic heterocycles. The van der Waals surface area contributed by atoms with E-state index < -0.39 is 0 Å². The molecule has 0 saturated carbocycles. The van der Waals surface area contributed by atoms with Crippen molar-refractivity contribution in [2.45, 2.75) is 39.8 Å². The number of rotatable bonds is 3. The first-order valence-corrected chi connectivity index (χ1v) is 5.90. The zero-order valence-corrected chi connectivity index (χ0v) is 11.0. The van der Waals surface area contributed by atoms with E-state index in [4.69, 9.17) is 11.6 Å². The lowest BCUT2D eigenvalue weighted by molar-refractivity contribution is 0.0644. The summed E-state index contributed by atoms with van der Waals surface area (Å²) in [5.41, 5.74) is 0.576. The van der Waals surface area contributed by atoms with Crippen LogP contribution in [0.4, 0.5) is 0 Å². The number of hydrogen-bond donors (Lipinski definition) is 0. The molecule has 0 atom stereocenters. The molecule has 0 aliphatic carbocycles. The second-order valence-electron chi connectivity index (χ2n) is 4.38. The van der Waals surface area contributed by atoms with Gasteiger partial charge in [0.2, 0.25) is 0 Å². The van der Waals surface area contributed by atoms with Crippen molar-refractivity contribution in [1.82, 2.24) is 4.90 Å². The van der Waals surface area contributed by atoms with E-state index in [0.717, 1.165) is 0 Å². The highest BCUT2D eigenvalue weighted by Crippen LogP contribution is 2.19. The van der Waals surface area contributed by atoms with E-state index in [1.165, 1.54) is 0 Å². The molecule has 16 heavy (non-hydrogen) atoms. The van der Waals surface area contributed by atoms with Crippen LogP contribution in [-0.2, 0) is 0 Å². The number of carbonyl (C=O) groups is 1. The van der Waals surface area contributed by atoms with Gasteiger partial charge in [-0.2, -0.15) is 0 Å². The Morgan fingerprint density at radius 3 is 2.06 bits per heavy atom. The van der Waals surface area contributed by atoms with Crippen molar-refractivity contribution in [3.63, 3.8) is 0 Å². The van der Waals surface area contributed by atoms with Crippen molar-refractivity contribution in [1.29, 1.82) is 0 Å². The van der Waals surface area contributed by atoms with E-state index >= 15 is 0 Å². The van der Waals surface area contributed by atoms with E-state index in [2.05, 4.69) is 0 Å². The van der Waals surface area contributed by atoms with Crippen LogP contribution in [0.2, 0.25) is 5.02 Å². The minimum atomic E-state index is -0.00407. The second kappa shape index (κ2) is 5.35. The number of carbonyl (C=O) groups excluding carboxylic acids is 1. The fourth-order valence-corrected chi connectivity index (χ4v) is 2.06. The summed E-state index contributed by atoms with van der Waals surface area (Å²) in [6.07, 6.45) is 0. The number of hydrogen-bond acceptors (Lipinski definition) is 1. The van der Waals surface area contributed by atoms with E-state index in [0.29, 0.717) is 10.6 Å². The van der Waals surface area contributed by atoms with Gasteiger partial charge in [0, 0.05) is 12.1 Å². The third-order valence-electron chi connectivity index (χ3n) is 2.45. The SMILES string of the molecule is CC(C)N(C(=O)c1ccccc1Cl)C(C)C. The topological polar surface area (TPSA) is 20.3 Å². The minimum absolute atomic E-state index is 0.00407. The largest absolute Gasteiger partial charge is 0.334 e. The third kappa shape index (κ3) is 2.76. The molecule has 1 amide bonds. The van der Waals surface area contributed by atoms with Crippen molar-refractivity contribution < 1.29 is 4.79 Å². The normalized spacial score (nSPS) is 10.9. The Labute approximate surface area is 102 Å². The lowest BCUT2D eigenvalue weighted by Gasteiger charge is -2.31. The van der Waals surface area contributed by atoms with Gasteiger partial charge in [-0.25, -0.2) is 0 Å². The maximum absolute atomic E-state index is 12.3. The molecule has 0 bridgehead atoms. The van der Waals surface area contributed by atoms with Gasteiger partial charge < -0.3 is 4.90 Å². The molecule has 1 aromatic carbocycles. The Balaban J connectivity index is 3.05. The summed E-state index contributed by atoms with van der Waals surface area (Å²) in [4.78, 5) is 14.1.